The predicted molar refractivity (Wildman–Crippen MR) is 179 cm³/mol. The Bertz CT molecular complexity index is 1640. The lowest BCUT2D eigenvalue weighted by Crippen LogP contribution is -2.26. The standard InChI is InChI=1S/C17H21O5P.C16H16F3O6PS/c18-11-12-20-15-23(19,21-13-16-7-3-1-4-8-16)22-14-17-9-5-2-6-10-17;17-16(18,19)27(21,22)25-13-26(20,23-11-14-7-3-1-4-8-14)24-12-15-9-5-2-6-10-15/h1-10,18H,11-15H2;1-10H,11-13H2. The van der Waals surface area contributed by atoms with Crippen LogP contribution in [0.25, 0.3) is 0 Å². The fourth-order valence-corrected chi connectivity index (χ4v) is 7.04. The van der Waals surface area contributed by atoms with E-state index in [0.717, 1.165) is 11.1 Å². The third-order valence-electron chi connectivity index (χ3n) is 6.22. The lowest BCUT2D eigenvalue weighted by molar-refractivity contribution is -0.0534. The summed E-state index contributed by atoms with van der Waals surface area (Å²) in [5.74, 6) is 0. The molecule has 0 aromatic heterocycles. The van der Waals surface area contributed by atoms with Crippen LogP contribution in [0.4, 0.5) is 13.2 Å². The number of ether oxygens (including phenoxy) is 1. The fraction of sp³-hybridized carbons (Fsp3) is 0.273. The molecular formula is C33H37F3O11P2S. The predicted octanol–water partition coefficient (Wildman–Crippen LogP) is 8.02. The molecule has 4 aromatic carbocycles. The van der Waals surface area contributed by atoms with Gasteiger partial charge < -0.3 is 27.9 Å². The van der Waals surface area contributed by atoms with E-state index in [1.807, 2.05) is 60.7 Å². The Kier molecular flexibility index (Phi) is 17.0. The fourth-order valence-electron chi connectivity index (χ4n) is 3.65. The first kappa shape index (κ1) is 41.2. The third-order valence-corrected chi connectivity index (χ3v) is 10.4. The summed E-state index contributed by atoms with van der Waals surface area (Å²) in [6.07, 6.45) is -1.58. The molecule has 0 spiro atoms. The summed E-state index contributed by atoms with van der Waals surface area (Å²) in [7, 11) is -13.7. The molecule has 4 rings (SSSR count). The number of hydrogen-bond donors (Lipinski definition) is 1. The largest absolute Gasteiger partial charge is 0.523 e. The lowest BCUT2D eigenvalue weighted by Gasteiger charge is -2.19. The van der Waals surface area contributed by atoms with Crippen molar-refractivity contribution < 1.29 is 62.8 Å². The zero-order valence-corrected chi connectivity index (χ0v) is 29.3. The molecule has 0 heterocycles. The summed E-state index contributed by atoms with van der Waals surface area (Å²) in [5, 5.41) is 8.78. The molecule has 11 nitrogen and oxygen atoms in total. The van der Waals surface area contributed by atoms with Crippen molar-refractivity contribution in [2.75, 3.05) is 25.9 Å². The molecule has 0 saturated carbocycles. The molecule has 4 aromatic rings. The SMILES string of the molecule is O=P(COCCO)(OCc1ccccc1)OCc1ccccc1.O=P(COS(=O)(=O)C(F)(F)F)(OCc1ccccc1)OCc1ccccc1. The molecule has 0 aliphatic heterocycles. The molecule has 0 atom stereocenters. The zero-order chi connectivity index (χ0) is 36.4. The maximum atomic E-state index is 12.8. The Morgan fingerprint density at radius 2 is 0.840 bits per heavy atom. The van der Waals surface area contributed by atoms with Gasteiger partial charge in [-0.2, -0.15) is 21.6 Å². The van der Waals surface area contributed by atoms with E-state index in [9.17, 15) is 30.7 Å². The van der Waals surface area contributed by atoms with E-state index in [4.69, 9.17) is 27.9 Å². The number of halogens is 3. The van der Waals surface area contributed by atoms with Crippen LogP contribution in [0.1, 0.15) is 22.3 Å². The van der Waals surface area contributed by atoms with E-state index in [1.54, 1.807) is 60.7 Å². The second-order valence-electron chi connectivity index (χ2n) is 10.2. The Labute approximate surface area is 289 Å². The maximum absolute atomic E-state index is 12.8. The zero-order valence-electron chi connectivity index (χ0n) is 26.7. The summed E-state index contributed by atoms with van der Waals surface area (Å²) in [4.78, 5) is 0. The highest BCUT2D eigenvalue weighted by molar-refractivity contribution is 7.87. The average molecular weight is 761 g/mol. The van der Waals surface area contributed by atoms with Gasteiger partial charge >= 0.3 is 30.8 Å². The second-order valence-corrected chi connectivity index (χ2v) is 15.8. The van der Waals surface area contributed by atoms with Gasteiger partial charge in [-0.1, -0.05) is 121 Å². The van der Waals surface area contributed by atoms with Gasteiger partial charge in [-0.3, -0.25) is 13.3 Å². The van der Waals surface area contributed by atoms with Crippen LogP contribution in [0.5, 0.6) is 0 Å². The normalized spacial score (nSPS) is 12.2. The quantitative estimate of drug-likeness (QED) is 0.0430. The van der Waals surface area contributed by atoms with E-state index in [-0.39, 0.29) is 46.0 Å². The first-order valence-corrected chi connectivity index (χ1v) is 19.8. The van der Waals surface area contributed by atoms with Gasteiger partial charge in [-0.05, 0) is 22.3 Å². The Balaban J connectivity index is 0.000000274. The molecule has 0 aliphatic rings. The van der Waals surface area contributed by atoms with Crippen molar-refractivity contribution >= 4 is 25.3 Å². The maximum Gasteiger partial charge on any atom is 0.523 e. The van der Waals surface area contributed by atoms with E-state index < -0.39 is 37.2 Å². The minimum Gasteiger partial charge on any atom is -0.394 e. The lowest BCUT2D eigenvalue weighted by atomic mass is 10.2. The van der Waals surface area contributed by atoms with Crippen LogP contribution in [0.15, 0.2) is 121 Å². The van der Waals surface area contributed by atoms with E-state index in [0.29, 0.717) is 11.1 Å². The Morgan fingerprint density at radius 1 is 0.540 bits per heavy atom. The van der Waals surface area contributed by atoms with Gasteiger partial charge in [0, 0.05) is 0 Å². The van der Waals surface area contributed by atoms with Crippen molar-refractivity contribution in [3.05, 3.63) is 144 Å². The molecule has 17 heteroatoms. The molecule has 50 heavy (non-hydrogen) atoms. The van der Waals surface area contributed by atoms with E-state index in [1.165, 1.54) is 0 Å². The number of rotatable bonds is 19. The molecule has 0 fully saturated rings. The molecule has 0 aliphatic carbocycles. The number of aliphatic hydroxyl groups is 1. The van der Waals surface area contributed by atoms with Gasteiger partial charge in [-0.15, -0.1) is 0 Å². The molecular weight excluding hydrogens is 723 g/mol. The van der Waals surface area contributed by atoms with Crippen LogP contribution < -0.4 is 0 Å². The van der Waals surface area contributed by atoms with Gasteiger partial charge in [-0.25, -0.2) is 0 Å². The summed E-state index contributed by atoms with van der Waals surface area (Å²) in [6, 6.07) is 35.6. The van der Waals surface area contributed by atoms with Crippen molar-refractivity contribution in [1.29, 1.82) is 0 Å². The first-order chi connectivity index (χ1) is 23.8. The van der Waals surface area contributed by atoms with Crippen LogP contribution >= 0.6 is 15.2 Å². The highest BCUT2D eigenvalue weighted by Crippen LogP contribution is 2.51. The second kappa shape index (κ2) is 20.6. The van der Waals surface area contributed by atoms with Gasteiger partial charge in [0.1, 0.15) is 6.35 Å². The van der Waals surface area contributed by atoms with Crippen molar-refractivity contribution in [3.8, 4) is 0 Å². The summed E-state index contributed by atoms with van der Waals surface area (Å²) < 4.78 is 115. The minimum absolute atomic E-state index is 0.0907. The number of benzene rings is 4. The topological polar surface area (TPSA) is 144 Å². The van der Waals surface area contributed by atoms with Crippen molar-refractivity contribution in [1.82, 2.24) is 0 Å². The van der Waals surface area contributed by atoms with E-state index >= 15 is 0 Å². The van der Waals surface area contributed by atoms with E-state index in [2.05, 4.69) is 4.18 Å². The van der Waals surface area contributed by atoms with Crippen molar-refractivity contribution in [3.63, 3.8) is 0 Å². The summed E-state index contributed by atoms with van der Waals surface area (Å²) in [6.45, 7) is -0.222. The van der Waals surface area contributed by atoms with Crippen LogP contribution in [-0.4, -0.2) is 44.9 Å². The number of hydrogen-bond acceptors (Lipinski definition) is 11. The smallest absolute Gasteiger partial charge is 0.394 e. The van der Waals surface area contributed by atoms with Gasteiger partial charge in [0.15, 0.2) is 6.35 Å². The summed E-state index contributed by atoms with van der Waals surface area (Å²) in [5.41, 5.74) is -2.70. The molecule has 0 amide bonds. The Morgan fingerprint density at radius 3 is 1.12 bits per heavy atom. The molecule has 272 valence electrons. The van der Waals surface area contributed by atoms with Gasteiger partial charge in [0.25, 0.3) is 0 Å². The minimum atomic E-state index is -5.93. The molecule has 0 unspecified atom stereocenters. The molecule has 1 N–H and O–H groups in total. The number of aliphatic hydroxyl groups excluding tert-OH is 1. The highest BCUT2D eigenvalue weighted by atomic mass is 32.2. The van der Waals surface area contributed by atoms with Crippen molar-refractivity contribution in [2.45, 2.75) is 31.9 Å². The average Bonchev–Trinajstić information content (AvgIpc) is 3.13. The molecule has 0 radical (unpaired) electrons. The highest BCUT2D eigenvalue weighted by Gasteiger charge is 2.48. The van der Waals surface area contributed by atoms with Crippen LogP contribution in [-0.2, 0) is 72.7 Å². The monoisotopic (exact) mass is 760 g/mol. The third kappa shape index (κ3) is 15.4. The van der Waals surface area contributed by atoms with Crippen LogP contribution in [0.3, 0.4) is 0 Å². The van der Waals surface area contributed by atoms with Gasteiger partial charge in [0.05, 0.1) is 39.6 Å². The first-order valence-electron chi connectivity index (χ1n) is 14.9. The van der Waals surface area contributed by atoms with Crippen LogP contribution in [0.2, 0.25) is 0 Å². The summed E-state index contributed by atoms with van der Waals surface area (Å²) >= 11 is 0. The van der Waals surface area contributed by atoms with Gasteiger partial charge in [0.2, 0.25) is 0 Å². The van der Waals surface area contributed by atoms with Crippen molar-refractivity contribution in [2.24, 2.45) is 0 Å². The number of alkyl halides is 3. The Hall–Kier alpha value is -3.20. The van der Waals surface area contributed by atoms with Crippen LogP contribution in [0, 0.1) is 0 Å². The molecule has 0 saturated heterocycles. The molecule has 0 bridgehead atoms.